The van der Waals surface area contributed by atoms with Crippen molar-refractivity contribution in [3.63, 3.8) is 0 Å². The molecule has 0 radical (unpaired) electrons. The molecule has 2 rings (SSSR count). The van der Waals surface area contributed by atoms with Gasteiger partial charge in [-0.05, 0) is 31.4 Å². The first-order chi connectivity index (χ1) is 7.29. The van der Waals surface area contributed by atoms with E-state index >= 15 is 0 Å². The molecule has 0 aliphatic carbocycles. The third-order valence-corrected chi connectivity index (χ3v) is 3.66. The lowest BCUT2D eigenvalue weighted by atomic mass is 10.1. The number of piperidine rings is 1. The van der Waals surface area contributed by atoms with Crippen LogP contribution in [0.4, 0.5) is 0 Å². The second kappa shape index (κ2) is 4.79. The first-order valence-corrected chi connectivity index (χ1v) is 6.20. The Bertz CT molecular complexity index is 339. The molecule has 1 aromatic rings. The number of rotatable bonds is 1. The highest BCUT2D eigenvalue weighted by molar-refractivity contribution is 9.09. The van der Waals surface area contributed by atoms with E-state index in [-0.39, 0.29) is 10.9 Å². The number of hydrogen-bond donors (Lipinski definition) is 0. The second-order valence-electron chi connectivity index (χ2n) is 3.79. The minimum atomic E-state index is 0.136. The molecule has 80 valence electrons. The molecule has 1 aromatic carbocycles. The number of halogens is 1. The van der Waals surface area contributed by atoms with Gasteiger partial charge in [0.25, 0.3) is 5.91 Å². The maximum atomic E-state index is 12.1. The second-order valence-corrected chi connectivity index (χ2v) is 4.85. The number of amides is 1. The molecule has 0 aromatic heterocycles. The molecule has 0 spiro atoms. The zero-order valence-electron chi connectivity index (χ0n) is 8.53. The number of hydrogen-bond acceptors (Lipinski definition) is 1. The van der Waals surface area contributed by atoms with Crippen molar-refractivity contribution in [2.24, 2.45) is 0 Å². The molecule has 0 bridgehead atoms. The summed E-state index contributed by atoms with van der Waals surface area (Å²) in [6.07, 6.45) is 3.37. The van der Waals surface area contributed by atoms with Gasteiger partial charge in [-0.1, -0.05) is 34.1 Å². The molecule has 1 amide bonds. The molecule has 2 nitrogen and oxygen atoms in total. The highest BCUT2D eigenvalue weighted by Crippen LogP contribution is 2.23. The van der Waals surface area contributed by atoms with Crippen LogP contribution < -0.4 is 0 Å². The van der Waals surface area contributed by atoms with Crippen LogP contribution in [0.5, 0.6) is 0 Å². The van der Waals surface area contributed by atoms with Crippen LogP contribution in [0.2, 0.25) is 0 Å². The Morgan fingerprint density at radius 3 is 2.67 bits per heavy atom. The molecule has 1 atom stereocenters. The van der Waals surface area contributed by atoms with Gasteiger partial charge in [-0.2, -0.15) is 0 Å². The minimum Gasteiger partial charge on any atom is -0.326 e. The summed E-state index contributed by atoms with van der Waals surface area (Å²) in [6.45, 7) is 0.865. The van der Waals surface area contributed by atoms with Crippen molar-refractivity contribution in [3.8, 4) is 0 Å². The van der Waals surface area contributed by atoms with Crippen molar-refractivity contribution >= 4 is 21.8 Å². The summed E-state index contributed by atoms with van der Waals surface area (Å²) >= 11 is 3.56. The lowest BCUT2D eigenvalue weighted by molar-refractivity contribution is 0.0703. The fourth-order valence-electron chi connectivity index (χ4n) is 1.87. The molecule has 15 heavy (non-hydrogen) atoms. The summed E-state index contributed by atoms with van der Waals surface area (Å²) in [7, 11) is 0. The summed E-state index contributed by atoms with van der Waals surface area (Å²) in [5.41, 5.74) is 0.781. The zero-order chi connectivity index (χ0) is 10.7. The highest BCUT2D eigenvalue weighted by Gasteiger charge is 2.24. The van der Waals surface area contributed by atoms with Crippen molar-refractivity contribution < 1.29 is 4.79 Å². The van der Waals surface area contributed by atoms with Crippen molar-refractivity contribution in [2.75, 3.05) is 6.54 Å². The monoisotopic (exact) mass is 267 g/mol. The number of carbonyl (C=O) groups excluding carboxylic acids is 1. The topological polar surface area (TPSA) is 20.3 Å². The number of alkyl halides is 1. The Morgan fingerprint density at radius 2 is 2.00 bits per heavy atom. The zero-order valence-corrected chi connectivity index (χ0v) is 10.1. The van der Waals surface area contributed by atoms with Gasteiger partial charge in [0.15, 0.2) is 0 Å². The van der Waals surface area contributed by atoms with Crippen molar-refractivity contribution in [1.29, 1.82) is 0 Å². The summed E-state index contributed by atoms with van der Waals surface area (Å²) in [5.74, 6) is 0.136. The number of likely N-dealkylation sites (tertiary alicyclic amines) is 1. The first kappa shape index (κ1) is 10.7. The van der Waals surface area contributed by atoms with Crippen LogP contribution in [0.15, 0.2) is 30.3 Å². The van der Waals surface area contributed by atoms with Crippen molar-refractivity contribution in [3.05, 3.63) is 35.9 Å². The molecule has 1 fully saturated rings. The van der Waals surface area contributed by atoms with Gasteiger partial charge in [0.2, 0.25) is 0 Å². The Balaban J connectivity index is 2.13. The number of nitrogens with zero attached hydrogens (tertiary/aromatic N) is 1. The van der Waals surface area contributed by atoms with E-state index < -0.39 is 0 Å². The third-order valence-electron chi connectivity index (χ3n) is 2.71. The fourth-order valence-corrected chi connectivity index (χ4v) is 2.58. The van der Waals surface area contributed by atoms with Gasteiger partial charge in [0.05, 0.1) is 4.95 Å². The van der Waals surface area contributed by atoms with Crippen LogP contribution in [0.1, 0.15) is 29.6 Å². The Kier molecular flexibility index (Phi) is 3.41. The average Bonchev–Trinajstić information content (AvgIpc) is 2.30. The quantitative estimate of drug-likeness (QED) is 0.566. The van der Waals surface area contributed by atoms with Crippen LogP contribution >= 0.6 is 15.9 Å². The molecule has 0 saturated carbocycles. The van der Waals surface area contributed by atoms with Gasteiger partial charge < -0.3 is 4.90 Å². The SMILES string of the molecule is O=C(c1ccccc1)N1CCCCC1Br. The van der Waals surface area contributed by atoms with Crippen LogP contribution in [-0.2, 0) is 0 Å². The fraction of sp³-hybridized carbons (Fsp3) is 0.417. The first-order valence-electron chi connectivity index (χ1n) is 5.29. The van der Waals surface area contributed by atoms with E-state index in [2.05, 4.69) is 15.9 Å². The molecular formula is C12H14BrNO. The van der Waals surface area contributed by atoms with Crippen molar-refractivity contribution in [2.45, 2.75) is 24.2 Å². The molecule has 1 unspecified atom stereocenters. The number of benzene rings is 1. The molecule has 3 heteroatoms. The van der Waals surface area contributed by atoms with Crippen LogP contribution in [-0.4, -0.2) is 22.3 Å². The van der Waals surface area contributed by atoms with E-state index in [1.54, 1.807) is 0 Å². The minimum absolute atomic E-state index is 0.136. The molecule has 0 N–H and O–H groups in total. The molecular weight excluding hydrogens is 254 g/mol. The lowest BCUT2D eigenvalue weighted by Gasteiger charge is -2.32. The van der Waals surface area contributed by atoms with Gasteiger partial charge in [0, 0.05) is 12.1 Å². The number of carbonyl (C=O) groups is 1. The van der Waals surface area contributed by atoms with E-state index in [4.69, 9.17) is 0 Å². The molecule has 1 saturated heterocycles. The molecule has 1 aliphatic heterocycles. The average molecular weight is 268 g/mol. The Labute approximate surface area is 98.4 Å². The van der Waals surface area contributed by atoms with Crippen LogP contribution in [0, 0.1) is 0 Å². The summed E-state index contributed by atoms with van der Waals surface area (Å²) in [5, 5.41) is 0. The third kappa shape index (κ3) is 2.40. The van der Waals surface area contributed by atoms with E-state index in [0.717, 1.165) is 24.9 Å². The highest BCUT2D eigenvalue weighted by atomic mass is 79.9. The Morgan fingerprint density at radius 1 is 1.27 bits per heavy atom. The van der Waals surface area contributed by atoms with E-state index in [1.165, 1.54) is 6.42 Å². The van der Waals surface area contributed by atoms with E-state index in [0.29, 0.717) is 0 Å². The van der Waals surface area contributed by atoms with Gasteiger partial charge in [0.1, 0.15) is 0 Å². The molecule has 1 heterocycles. The normalized spacial score (nSPS) is 21.4. The summed E-state index contributed by atoms with van der Waals surface area (Å²) in [4.78, 5) is 14.2. The predicted molar refractivity (Wildman–Crippen MR) is 64.0 cm³/mol. The summed E-state index contributed by atoms with van der Waals surface area (Å²) in [6, 6.07) is 9.48. The smallest absolute Gasteiger partial charge is 0.254 e. The standard InChI is InChI=1S/C12H14BrNO/c13-11-8-4-5-9-14(11)12(15)10-6-2-1-3-7-10/h1-3,6-7,11H,4-5,8-9H2. The maximum Gasteiger partial charge on any atom is 0.254 e. The van der Waals surface area contributed by atoms with Crippen LogP contribution in [0.25, 0.3) is 0 Å². The van der Waals surface area contributed by atoms with E-state index in [9.17, 15) is 4.79 Å². The Hall–Kier alpha value is -0.830. The van der Waals surface area contributed by atoms with E-state index in [1.807, 2.05) is 35.2 Å². The van der Waals surface area contributed by atoms with Gasteiger partial charge in [-0.25, -0.2) is 0 Å². The van der Waals surface area contributed by atoms with Gasteiger partial charge in [-0.15, -0.1) is 0 Å². The molecule has 1 aliphatic rings. The van der Waals surface area contributed by atoms with Crippen LogP contribution in [0.3, 0.4) is 0 Å². The van der Waals surface area contributed by atoms with Gasteiger partial charge >= 0.3 is 0 Å². The predicted octanol–water partition coefficient (Wildman–Crippen LogP) is 3.03. The lowest BCUT2D eigenvalue weighted by Crippen LogP contribution is -2.40. The summed E-state index contributed by atoms with van der Waals surface area (Å²) < 4.78 is 0. The largest absolute Gasteiger partial charge is 0.326 e. The van der Waals surface area contributed by atoms with Gasteiger partial charge in [-0.3, -0.25) is 4.79 Å². The van der Waals surface area contributed by atoms with Crippen molar-refractivity contribution in [1.82, 2.24) is 4.90 Å². The maximum absolute atomic E-state index is 12.1.